The lowest BCUT2D eigenvalue weighted by Gasteiger charge is -2.20. The van der Waals surface area contributed by atoms with E-state index in [0.717, 1.165) is 35.8 Å². The summed E-state index contributed by atoms with van der Waals surface area (Å²) in [7, 11) is 0. The van der Waals surface area contributed by atoms with Crippen LogP contribution < -0.4 is 15.3 Å². The fourth-order valence-corrected chi connectivity index (χ4v) is 4.62. The number of thioether (sulfide) groups is 1. The largest absolute Gasteiger partial charge is 0.489 e. The summed E-state index contributed by atoms with van der Waals surface area (Å²) in [4.78, 5) is 0. The number of halogens is 1. The van der Waals surface area contributed by atoms with Crippen LogP contribution in [0.2, 0.25) is 5.02 Å². The molecular formula is C18H23ClN4O2S. The molecule has 6 nitrogen and oxygen atoms in total. The predicted octanol–water partition coefficient (Wildman–Crippen LogP) is 4.15. The minimum absolute atomic E-state index is 0.433. The van der Waals surface area contributed by atoms with Crippen LogP contribution in [-0.4, -0.2) is 28.1 Å². The van der Waals surface area contributed by atoms with E-state index >= 15 is 0 Å². The van der Waals surface area contributed by atoms with Gasteiger partial charge in [0.05, 0.1) is 18.2 Å². The molecule has 2 aliphatic rings. The van der Waals surface area contributed by atoms with E-state index in [-0.39, 0.29) is 0 Å². The van der Waals surface area contributed by atoms with Gasteiger partial charge in [0.1, 0.15) is 0 Å². The van der Waals surface area contributed by atoms with E-state index in [9.17, 15) is 0 Å². The molecule has 0 atom stereocenters. The first-order valence-corrected chi connectivity index (χ1v) is 10.5. The second-order valence-corrected chi connectivity index (χ2v) is 8.14. The van der Waals surface area contributed by atoms with Gasteiger partial charge in [-0.2, -0.15) is 0 Å². The van der Waals surface area contributed by atoms with Crippen LogP contribution in [0, 0.1) is 0 Å². The Labute approximate surface area is 162 Å². The third-order valence-electron chi connectivity index (χ3n) is 4.89. The molecule has 1 aromatic carbocycles. The van der Waals surface area contributed by atoms with Gasteiger partial charge in [0.25, 0.3) is 0 Å². The van der Waals surface area contributed by atoms with Gasteiger partial charge in [-0.15, -0.1) is 10.2 Å². The standard InChI is InChI=1S/C18H23ClN4O2S/c19-14-9-12(10-15-16(14)25-8-4-7-24-15)11-26-18-22-21-17(23(18)20)13-5-2-1-3-6-13/h9-10,13H,1-8,11,20H2. The zero-order valence-corrected chi connectivity index (χ0v) is 16.2. The lowest BCUT2D eigenvalue weighted by Crippen LogP contribution is -2.18. The Morgan fingerprint density at radius 1 is 1.12 bits per heavy atom. The SMILES string of the molecule is Nn1c(SCc2cc(Cl)c3c(c2)OCCCO3)nnc1C1CCCCC1. The number of hydrogen-bond donors (Lipinski definition) is 1. The van der Waals surface area contributed by atoms with Gasteiger partial charge >= 0.3 is 0 Å². The van der Waals surface area contributed by atoms with Crippen molar-refractivity contribution in [2.45, 2.75) is 55.4 Å². The Hall–Kier alpha value is -1.60. The number of nitrogen functional groups attached to an aromatic ring is 1. The third kappa shape index (κ3) is 3.74. The Bertz CT molecular complexity index is 777. The molecule has 1 saturated carbocycles. The summed E-state index contributed by atoms with van der Waals surface area (Å²) in [6.45, 7) is 1.27. The highest BCUT2D eigenvalue weighted by atomic mass is 35.5. The van der Waals surface area contributed by atoms with E-state index in [4.69, 9.17) is 26.9 Å². The maximum atomic E-state index is 6.37. The van der Waals surface area contributed by atoms with E-state index in [2.05, 4.69) is 10.2 Å². The minimum atomic E-state index is 0.433. The number of aromatic nitrogens is 3. The Morgan fingerprint density at radius 2 is 1.92 bits per heavy atom. The molecular weight excluding hydrogens is 372 g/mol. The number of nitrogens with zero attached hydrogens (tertiary/aromatic N) is 3. The van der Waals surface area contributed by atoms with Crippen LogP contribution in [0.25, 0.3) is 0 Å². The van der Waals surface area contributed by atoms with Crippen molar-refractivity contribution in [3.05, 3.63) is 28.5 Å². The first-order valence-electron chi connectivity index (χ1n) is 9.13. The molecule has 4 rings (SSSR count). The highest BCUT2D eigenvalue weighted by Gasteiger charge is 2.23. The number of rotatable bonds is 4. The molecule has 2 heterocycles. The molecule has 0 bridgehead atoms. The third-order valence-corrected chi connectivity index (χ3v) is 6.19. The number of fused-ring (bicyclic) bond motifs is 1. The van der Waals surface area contributed by atoms with E-state index in [1.165, 1.54) is 19.3 Å². The normalized spacial score (nSPS) is 17.9. The van der Waals surface area contributed by atoms with E-state index in [0.29, 0.717) is 41.4 Å². The average Bonchev–Trinajstić information content (AvgIpc) is 2.86. The summed E-state index contributed by atoms with van der Waals surface area (Å²) in [5, 5.41) is 9.95. The molecule has 1 aromatic heterocycles. The molecule has 0 radical (unpaired) electrons. The zero-order valence-electron chi connectivity index (χ0n) is 14.6. The quantitative estimate of drug-likeness (QED) is 0.620. The second-order valence-electron chi connectivity index (χ2n) is 6.79. The van der Waals surface area contributed by atoms with Crippen molar-refractivity contribution in [3.8, 4) is 11.5 Å². The van der Waals surface area contributed by atoms with Gasteiger partial charge in [0.2, 0.25) is 5.16 Å². The molecule has 0 spiro atoms. The Morgan fingerprint density at radius 3 is 2.77 bits per heavy atom. The van der Waals surface area contributed by atoms with Gasteiger partial charge in [-0.3, -0.25) is 0 Å². The second kappa shape index (κ2) is 7.96. The number of nitrogens with two attached hydrogens (primary N) is 1. The number of hydrogen-bond acceptors (Lipinski definition) is 6. The van der Waals surface area contributed by atoms with Crippen LogP contribution in [-0.2, 0) is 5.75 Å². The van der Waals surface area contributed by atoms with Gasteiger partial charge in [-0.25, -0.2) is 4.68 Å². The topological polar surface area (TPSA) is 75.2 Å². The molecule has 8 heteroatoms. The number of benzene rings is 1. The van der Waals surface area contributed by atoms with Crippen molar-refractivity contribution in [2.75, 3.05) is 19.1 Å². The van der Waals surface area contributed by atoms with Crippen LogP contribution in [0.15, 0.2) is 17.3 Å². The van der Waals surface area contributed by atoms with Crippen molar-refractivity contribution < 1.29 is 9.47 Å². The van der Waals surface area contributed by atoms with Crippen molar-refractivity contribution in [3.63, 3.8) is 0 Å². The Kier molecular flexibility index (Phi) is 5.45. The van der Waals surface area contributed by atoms with Crippen molar-refractivity contribution >= 4 is 23.4 Å². The van der Waals surface area contributed by atoms with Gasteiger partial charge in [-0.05, 0) is 30.5 Å². The lowest BCUT2D eigenvalue weighted by molar-refractivity contribution is 0.297. The van der Waals surface area contributed by atoms with Crippen LogP contribution in [0.3, 0.4) is 0 Å². The highest BCUT2D eigenvalue weighted by Crippen LogP contribution is 2.39. The molecule has 0 saturated heterocycles. The van der Waals surface area contributed by atoms with E-state index < -0.39 is 0 Å². The fourth-order valence-electron chi connectivity index (χ4n) is 3.54. The molecule has 26 heavy (non-hydrogen) atoms. The van der Waals surface area contributed by atoms with Crippen molar-refractivity contribution in [1.82, 2.24) is 14.9 Å². The van der Waals surface area contributed by atoms with Gasteiger partial charge in [0, 0.05) is 18.1 Å². The predicted molar refractivity (Wildman–Crippen MR) is 103 cm³/mol. The molecule has 0 unspecified atom stereocenters. The summed E-state index contributed by atoms with van der Waals surface area (Å²) in [6, 6.07) is 3.90. The summed E-state index contributed by atoms with van der Waals surface area (Å²) < 4.78 is 13.1. The van der Waals surface area contributed by atoms with Crippen LogP contribution in [0.1, 0.15) is 55.8 Å². The lowest BCUT2D eigenvalue weighted by atomic mass is 9.89. The van der Waals surface area contributed by atoms with E-state index in [1.54, 1.807) is 16.4 Å². The zero-order chi connectivity index (χ0) is 17.9. The maximum absolute atomic E-state index is 6.37. The van der Waals surface area contributed by atoms with Crippen LogP contribution >= 0.6 is 23.4 Å². The average molecular weight is 395 g/mol. The Balaban J connectivity index is 1.47. The molecule has 1 fully saturated rings. The molecule has 140 valence electrons. The molecule has 2 aromatic rings. The molecule has 2 N–H and O–H groups in total. The van der Waals surface area contributed by atoms with Crippen LogP contribution in [0.5, 0.6) is 11.5 Å². The number of ether oxygens (including phenoxy) is 2. The minimum Gasteiger partial charge on any atom is -0.489 e. The first-order chi connectivity index (χ1) is 12.7. The molecule has 1 aliphatic heterocycles. The summed E-state index contributed by atoms with van der Waals surface area (Å²) in [5.74, 6) is 9.64. The van der Waals surface area contributed by atoms with E-state index in [1.807, 2.05) is 12.1 Å². The molecule has 0 amide bonds. The summed E-state index contributed by atoms with van der Waals surface area (Å²) in [5.41, 5.74) is 1.05. The van der Waals surface area contributed by atoms with Gasteiger partial charge in [0.15, 0.2) is 17.3 Å². The van der Waals surface area contributed by atoms with Gasteiger partial charge < -0.3 is 15.3 Å². The smallest absolute Gasteiger partial charge is 0.210 e. The van der Waals surface area contributed by atoms with Gasteiger partial charge in [-0.1, -0.05) is 42.6 Å². The summed E-state index contributed by atoms with van der Waals surface area (Å²) in [6.07, 6.45) is 6.96. The maximum Gasteiger partial charge on any atom is 0.210 e. The monoisotopic (exact) mass is 394 g/mol. The van der Waals surface area contributed by atoms with Crippen LogP contribution in [0.4, 0.5) is 0 Å². The summed E-state index contributed by atoms with van der Waals surface area (Å²) >= 11 is 7.93. The first kappa shape index (κ1) is 17.8. The van der Waals surface area contributed by atoms with Crippen molar-refractivity contribution in [1.29, 1.82) is 0 Å². The fraction of sp³-hybridized carbons (Fsp3) is 0.556. The highest BCUT2D eigenvalue weighted by molar-refractivity contribution is 7.98. The molecule has 1 aliphatic carbocycles. The van der Waals surface area contributed by atoms with Crippen molar-refractivity contribution in [2.24, 2.45) is 0 Å².